The molecule has 1 amide bonds. The van der Waals surface area contributed by atoms with E-state index in [0.29, 0.717) is 49.0 Å². The van der Waals surface area contributed by atoms with Gasteiger partial charge in [0.05, 0.1) is 11.4 Å². The maximum Gasteiger partial charge on any atom is 0.407 e. The van der Waals surface area contributed by atoms with Gasteiger partial charge in [-0.25, -0.2) is 18.2 Å². The molecule has 172 valence electrons. The van der Waals surface area contributed by atoms with Crippen molar-refractivity contribution in [3.8, 4) is 0 Å². The van der Waals surface area contributed by atoms with Crippen LogP contribution in [0.2, 0.25) is 0 Å². The van der Waals surface area contributed by atoms with Crippen LogP contribution in [-0.2, 0) is 21.1 Å². The predicted octanol–water partition coefficient (Wildman–Crippen LogP) is 2.99. The molecule has 0 radical (unpaired) electrons. The number of guanidine groups is 1. The van der Waals surface area contributed by atoms with Crippen molar-refractivity contribution in [1.29, 1.82) is 0 Å². The minimum absolute atomic E-state index is 0. The third-order valence-corrected chi connectivity index (χ3v) is 4.97. The number of alkyl carbamates (subject to hydrolysis) is 1. The van der Waals surface area contributed by atoms with E-state index in [4.69, 9.17) is 4.74 Å². The number of carbonyl (C=O) groups excluding carboxylic acids is 1. The number of hydrogen-bond acceptors (Lipinski definition) is 5. The number of nitrogens with one attached hydrogen (secondary N) is 3. The number of carbonyl (C=O) groups is 1. The van der Waals surface area contributed by atoms with Crippen LogP contribution in [0.25, 0.3) is 0 Å². The summed E-state index contributed by atoms with van der Waals surface area (Å²) in [5.74, 6) is 0.662. The van der Waals surface area contributed by atoms with Crippen LogP contribution in [0.1, 0.15) is 45.2 Å². The Morgan fingerprint density at radius 3 is 2.30 bits per heavy atom. The highest BCUT2D eigenvalue weighted by Gasteiger charge is 2.15. The van der Waals surface area contributed by atoms with Crippen molar-refractivity contribution in [2.24, 2.45) is 4.99 Å². The zero-order chi connectivity index (χ0) is 22.1. The van der Waals surface area contributed by atoms with Gasteiger partial charge in [0.15, 0.2) is 15.8 Å². The Labute approximate surface area is 197 Å². The Morgan fingerprint density at radius 2 is 1.77 bits per heavy atom. The van der Waals surface area contributed by atoms with Gasteiger partial charge in [0, 0.05) is 25.9 Å². The monoisotopic (exact) mass is 554 g/mol. The molecule has 0 saturated carbocycles. The first-order valence-electron chi connectivity index (χ1n) is 9.71. The van der Waals surface area contributed by atoms with Crippen molar-refractivity contribution in [1.82, 2.24) is 16.0 Å². The molecule has 0 aromatic heterocycles. The summed E-state index contributed by atoms with van der Waals surface area (Å²) in [5, 5.41) is 9.09. The van der Waals surface area contributed by atoms with E-state index in [2.05, 4.69) is 20.9 Å². The molecule has 3 N–H and O–H groups in total. The normalized spacial score (nSPS) is 12.0. The van der Waals surface area contributed by atoms with Crippen LogP contribution < -0.4 is 16.0 Å². The van der Waals surface area contributed by atoms with Crippen LogP contribution in [-0.4, -0.2) is 52.0 Å². The van der Waals surface area contributed by atoms with Crippen molar-refractivity contribution in [2.45, 2.75) is 58.1 Å². The number of halogens is 1. The van der Waals surface area contributed by atoms with Crippen molar-refractivity contribution in [2.75, 3.05) is 25.9 Å². The van der Waals surface area contributed by atoms with Gasteiger partial charge in [-0.3, -0.25) is 0 Å². The number of aliphatic imine (C=N–C) groups is 1. The van der Waals surface area contributed by atoms with E-state index in [1.54, 1.807) is 19.1 Å². The van der Waals surface area contributed by atoms with Gasteiger partial charge in [-0.1, -0.05) is 12.1 Å². The van der Waals surface area contributed by atoms with Gasteiger partial charge in [0.2, 0.25) is 0 Å². The van der Waals surface area contributed by atoms with Crippen LogP contribution in [0.4, 0.5) is 4.79 Å². The third-order valence-electron chi connectivity index (χ3n) is 3.72. The Hall–Kier alpha value is -1.56. The quantitative estimate of drug-likeness (QED) is 0.197. The first kappa shape index (κ1) is 28.4. The molecule has 0 aliphatic carbocycles. The number of aryl methyl sites for hydroxylation is 1. The fraction of sp³-hybridized carbons (Fsp3) is 0.600. The van der Waals surface area contributed by atoms with Gasteiger partial charge in [-0.05, 0) is 58.2 Å². The largest absolute Gasteiger partial charge is 0.444 e. The first-order chi connectivity index (χ1) is 13.4. The molecular formula is C20H35IN4O4S. The number of rotatable bonds is 8. The van der Waals surface area contributed by atoms with Crippen molar-refractivity contribution < 1.29 is 17.9 Å². The van der Waals surface area contributed by atoms with E-state index in [1.165, 1.54) is 6.26 Å². The minimum atomic E-state index is -3.22. The van der Waals surface area contributed by atoms with Crippen LogP contribution in [0.15, 0.2) is 28.1 Å². The molecule has 30 heavy (non-hydrogen) atoms. The summed E-state index contributed by atoms with van der Waals surface area (Å²) in [5.41, 5.74) is 1.13. The highest BCUT2D eigenvalue weighted by Crippen LogP contribution is 2.17. The molecule has 0 unspecified atom stereocenters. The van der Waals surface area contributed by atoms with E-state index in [1.807, 2.05) is 33.8 Å². The predicted molar refractivity (Wildman–Crippen MR) is 131 cm³/mol. The second-order valence-corrected chi connectivity index (χ2v) is 9.76. The zero-order valence-electron chi connectivity index (χ0n) is 18.7. The van der Waals surface area contributed by atoms with E-state index in [0.717, 1.165) is 5.56 Å². The van der Waals surface area contributed by atoms with Gasteiger partial charge >= 0.3 is 6.09 Å². The fourth-order valence-corrected chi connectivity index (χ4v) is 3.50. The number of benzene rings is 1. The summed E-state index contributed by atoms with van der Waals surface area (Å²) in [7, 11) is -3.22. The number of hydrogen-bond donors (Lipinski definition) is 3. The SMILES string of the molecule is CCNC(=NCc1ccc(S(C)(=O)=O)c(C)c1)NCCCNC(=O)OC(C)(C)C.I. The lowest BCUT2D eigenvalue weighted by molar-refractivity contribution is 0.0527. The molecule has 0 saturated heterocycles. The average molecular weight is 554 g/mol. The number of amides is 1. The summed E-state index contributed by atoms with van der Waals surface area (Å²) in [6, 6.07) is 5.24. The van der Waals surface area contributed by atoms with E-state index >= 15 is 0 Å². The standard InChI is InChI=1S/C20H34N4O4S.HI/c1-7-21-18(22-11-8-12-23-19(25)28-20(3,4)5)24-14-16-9-10-17(15(2)13-16)29(6,26)27;/h9-10,13H,7-8,11-12,14H2,1-6H3,(H,23,25)(H2,21,22,24);1H. The van der Waals surface area contributed by atoms with E-state index in [9.17, 15) is 13.2 Å². The fourth-order valence-electron chi connectivity index (χ4n) is 2.54. The Kier molecular flexibility index (Phi) is 12.3. The van der Waals surface area contributed by atoms with Crippen LogP contribution in [0.3, 0.4) is 0 Å². The lowest BCUT2D eigenvalue weighted by Crippen LogP contribution is -2.39. The molecule has 8 nitrogen and oxygen atoms in total. The molecule has 0 aliphatic heterocycles. The molecule has 0 bridgehead atoms. The highest BCUT2D eigenvalue weighted by molar-refractivity contribution is 14.0. The molecule has 0 heterocycles. The van der Waals surface area contributed by atoms with Crippen LogP contribution >= 0.6 is 24.0 Å². The summed E-state index contributed by atoms with van der Waals surface area (Å²) >= 11 is 0. The topological polar surface area (TPSA) is 109 Å². The summed E-state index contributed by atoms with van der Waals surface area (Å²) < 4.78 is 28.6. The van der Waals surface area contributed by atoms with E-state index < -0.39 is 21.5 Å². The Morgan fingerprint density at radius 1 is 1.13 bits per heavy atom. The smallest absolute Gasteiger partial charge is 0.407 e. The molecule has 1 rings (SSSR count). The number of nitrogens with zero attached hydrogens (tertiary/aromatic N) is 1. The van der Waals surface area contributed by atoms with Gasteiger partial charge in [0.1, 0.15) is 5.60 Å². The summed E-state index contributed by atoms with van der Waals surface area (Å²) in [6.07, 6.45) is 1.50. The lowest BCUT2D eigenvalue weighted by Gasteiger charge is -2.19. The Balaban J connectivity index is 0.00000841. The minimum Gasteiger partial charge on any atom is -0.444 e. The highest BCUT2D eigenvalue weighted by atomic mass is 127. The molecule has 1 aromatic carbocycles. The van der Waals surface area contributed by atoms with Crippen molar-refractivity contribution in [3.63, 3.8) is 0 Å². The number of ether oxygens (including phenoxy) is 1. The lowest BCUT2D eigenvalue weighted by atomic mass is 10.1. The first-order valence-corrected chi connectivity index (χ1v) is 11.6. The maximum absolute atomic E-state index is 11.7. The average Bonchev–Trinajstić information content (AvgIpc) is 2.56. The van der Waals surface area contributed by atoms with Gasteiger partial charge in [0.25, 0.3) is 0 Å². The second-order valence-electron chi connectivity index (χ2n) is 7.78. The maximum atomic E-state index is 11.7. The van der Waals surface area contributed by atoms with Crippen LogP contribution in [0, 0.1) is 6.92 Å². The third kappa shape index (κ3) is 11.6. The van der Waals surface area contributed by atoms with Crippen LogP contribution in [0.5, 0.6) is 0 Å². The number of sulfone groups is 1. The van der Waals surface area contributed by atoms with Crippen molar-refractivity contribution >= 4 is 45.9 Å². The Bertz CT molecular complexity index is 821. The zero-order valence-corrected chi connectivity index (χ0v) is 21.8. The molecular weight excluding hydrogens is 519 g/mol. The van der Waals surface area contributed by atoms with Gasteiger partial charge in [-0.2, -0.15) is 0 Å². The van der Waals surface area contributed by atoms with Crippen molar-refractivity contribution in [3.05, 3.63) is 29.3 Å². The molecule has 1 aromatic rings. The summed E-state index contributed by atoms with van der Waals surface area (Å²) in [6.45, 7) is 11.5. The molecule has 0 fully saturated rings. The molecule has 0 atom stereocenters. The molecule has 0 aliphatic rings. The van der Waals surface area contributed by atoms with E-state index in [-0.39, 0.29) is 24.0 Å². The van der Waals surface area contributed by atoms with Gasteiger partial charge < -0.3 is 20.7 Å². The molecule has 10 heteroatoms. The molecule has 0 spiro atoms. The summed E-state index contributed by atoms with van der Waals surface area (Å²) in [4.78, 5) is 16.5. The second kappa shape index (κ2) is 13.0. The van der Waals surface area contributed by atoms with Gasteiger partial charge in [-0.15, -0.1) is 24.0 Å².